The predicted molar refractivity (Wildman–Crippen MR) is 82.9 cm³/mol. The minimum Gasteiger partial charge on any atom is -0.369 e. The van der Waals surface area contributed by atoms with Crippen LogP contribution in [0.3, 0.4) is 0 Å². The normalized spacial score (nSPS) is 11.1. The third-order valence-corrected chi connectivity index (χ3v) is 4.30. The van der Waals surface area contributed by atoms with Crippen LogP contribution >= 0.6 is 27.5 Å². The van der Waals surface area contributed by atoms with Gasteiger partial charge in [0.05, 0.1) is 21.7 Å². The molecule has 0 aliphatic rings. The van der Waals surface area contributed by atoms with Crippen molar-refractivity contribution in [2.75, 3.05) is 5.73 Å². The van der Waals surface area contributed by atoms with E-state index in [0.29, 0.717) is 11.0 Å². The zero-order valence-corrected chi connectivity index (χ0v) is 12.5. The lowest BCUT2D eigenvalue weighted by molar-refractivity contribution is 1.09. The average molecular weight is 337 g/mol. The number of para-hydroxylation sites is 1. The summed E-state index contributed by atoms with van der Waals surface area (Å²) in [4.78, 5) is 4.36. The number of imidazole rings is 1. The van der Waals surface area contributed by atoms with Gasteiger partial charge in [0, 0.05) is 4.47 Å². The van der Waals surface area contributed by atoms with Gasteiger partial charge >= 0.3 is 0 Å². The number of nitrogens with zero attached hydrogens (tertiary/aromatic N) is 2. The van der Waals surface area contributed by atoms with Crippen molar-refractivity contribution < 1.29 is 0 Å². The van der Waals surface area contributed by atoms with E-state index in [9.17, 15) is 0 Å². The monoisotopic (exact) mass is 335 g/mol. The van der Waals surface area contributed by atoms with E-state index in [0.717, 1.165) is 26.8 Å². The summed E-state index contributed by atoms with van der Waals surface area (Å²) in [6, 6.07) is 11.6. The predicted octanol–water partition coefficient (Wildman–Crippen LogP) is 4.33. The first-order chi connectivity index (χ1) is 9.09. The van der Waals surface area contributed by atoms with Gasteiger partial charge in [0.25, 0.3) is 0 Å². The van der Waals surface area contributed by atoms with Gasteiger partial charge in [-0.05, 0) is 36.8 Å². The molecule has 3 rings (SSSR count). The summed E-state index contributed by atoms with van der Waals surface area (Å²) in [6.07, 6.45) is 0. The van der Waals surface area contributed by atoms with Gasteiger partial charge in [-0.1, -0.05) is 39.7 Å². The van der Waals surface area contributed by atoms with E-state index in [-0.39, 0.29) is 0 Å². The van der Waals surface area contributed by atoms with Gasteiger partial charge in [-0.25, -0.2) is 4.98 Å². The Balaban J connectivity index is 2.43. The molecule has 0 atom stereocenters. The van der Waals surface area contributed by atoms with E-state index in [2.05, 4.69) is 20.9 Å². The molecule has 0 aliphatic heterocycles. The first-order valence-electron chi connectivity index (χ1n) is 5.77. The fourth-order valence-electron chi connectivity index (χ4n) is 2.19. The third-order valence-electron chi connectivity index (χ3n) is 3.13. The minimum atomic E-state index is 0.435. The van der Waals surface area contributed by atoms with Crippen molar-refractivity contribution in [2.24, 2.45) is 0 Å². The SMILES string of the molecule is Cc1c(Br)cccc1-n1c(N)nc2cccc(Cl)c21. The van der Waals surface area contributed by atoms with Crippen molar-refractivity contribution >= 4 is 44.5 Å². The molecule has 2 N–H and O–H groups in total. The van der Waals surface area contributed by atoms with Crippen LogP contribution in [0.25, 0.3) is 16.7 Å². The van der Waals surface area contributed by atoms with Crippen LogP contribution in [0.4, 0.5) is 5.95 Å². The largest absolute Gasteiger partial charge is 0.369 e. The van der Waals surface area contributed by atoms with Gasteiger partial charge in [-0.2, -0.15) is 0 Å². The molecule has 1 heterocycles. The molecule has 0 saturated heterocycles. The Kier molecular flexibility index (Phi) is 2.99. The molecule has 0 unspecified atom stereocenters. The van der Waals surface area contributed by atoms with Gasteiger partial charge in [-0.15, -0.1) is 0 Å². The second-order valence-electron chi connectivity index (χ2n) is 4.30. The lowest BCUT2D eigenvalue weighted by atomic mass is 10.2. The zero-order chi connectivity index (χ0) is 13.6. The molecular weight excluding hydrogens is 326 g/mol. The quantitative estimate of drug-likeness (QED) is 0.718. The first kappa shape index (κ1) is 12.5. The fraction of sp³-hybridized carbons (Fsp3) is 0.0714. The Bertz CT molecular complexity index is 780. The van der Waals surface area contributed by atoms with E-state index in [1.165, 1.54) is 0 Å². The summed E-state index contributed by atoms with van der Waals surface area (Å²) in [5, 5.41) is 0.640. The molecule has 2 aromatic carbocycles. The molecule has 96 valence electrons. The van der Waals surface area contributed by atoms with Crippen LogP contribution in [0.5, 0.6) is 0 Å². The number of benzene rings is 2. The van der Waals surface area contributed by atoms with Crippen molar-refractivity contribution in [2.45, 2.75) is 6.92 Å². The maximum absolute atomic E-state index is 6.29. The van der Waals surface area contributed by atoms with Crippen LogP contribution in [0.2, 0.25) is 5.02 Å². The van der Waals surface area contributed by atoms with Crippen molar-refractivity contribution in [3.63, 3.8) is 0 Å². The summed E-state index contributed by atoms with van der Waals surface area (Å²) in [5.74, 6) is 0.435. The second-order valence-corrected chi connectivity index (χ2v) is 5.56. The highest BCUT2D eigenvalue weighted by Gasteiger charge is 2.14. The highest BCUT2D eigenvalue weighted by Crippen LogP contribution is 2.32. The second kappa shape index (κ2) is 4.54. The molecule has 0 amide bonds. The van der Waals surface area contributed by atoms with Crippen LogP contribution < -0.4 is 5.73 Å². The van der Waals surface area contributed by atoms with Crippen molar-refractivity contribution in [1.82, 2.24) is 9.55 Å². The molecule has 3 nitrogen and oxygen atoms in total. The summed E-state index contributed by atoms with van der Waals surface area (Å²) in [7, 11) is 0. The molecule has 1 aromatic heterocycles. The topological polar surface area (TPSA) is 43.8 Å². The van der Waals surface area contributed by atoms with Crippen molar-refractivity contribution in [3.05, 3.63) is 51.5 Å². The smallest absolute Gasteiger partial charge is 0.205 e. The lowest BCUT2D eigenvalue weighted by Gasteiger charge is -2.11. The number of aromatic nitrogens is 2. The number of rotatable bonds is 1. The highest BCUT2D eigenvalue weighted by molar-refractivity contribution is 9.10. The molecule has 19 heavy (non-hydrogen) atoms. The summed E-state index contributed by atoms with van der Waals surface area (Å²) < 4.78 is 2.91. The Hall–Kier alpha value is -1.52. The number of nitrogens with two attached hydrogens (primary N) is 1. The number of fused-ring (bicyclic) bond motifs is 1. The van der Waals surface area contributed by atoms with Gasteiger partial charge in [0.15, 0.2) is 0 Å². The van der Waals surface area contributed by atoms with E-state index in [1.807, 2.05) is 47.9 Å². The lowest BCUT2D eigenvalue weighted by Crippen LogP contribution is -2.03. The standard InChI is InChI=1S/C14H11BrClN3/c1-8-9(15)4-2-7-12(8)19-13-10(16)5-3-6-11(13)18-14(19)17/h2-7H,1H3,(H2,17,18). The summed E-state index contributed by atoms with van der Waals surface area (Å²) in [5.41, 5.74) is 9.75. The molecule has 0 aliphatic carbocycles. The number of anilines is 1. The van der Waals surface area contributed by atoms with Crippen LogP contribution in [0.1, 0.15) is 5.56 Å². The van der Waals surface area contributed by atoms with E-state index in [4.69, 9.17) is 17.3 Å². The highest BCUT2D eigenvalue weighted by atomic mass is 79.9. The molecule has 0 spiro atoms. The van der Waals surface area contributed by atoms with Gasteiger partial charge in [0.2, 0.25) is 5.95 Å². The average Bonchev–Trinajstić information content (AvgIpc) is 2.71. The van der Waals surface area contributed by atoms with Crippen molar-refractivity contribution in [1.29, 1.82) is 0 Å². The van der Waals surface area contributed by atoms with Gasteiger partial charge in [0.1, 0.15) is 0 Å². The number of nitrogen functional groups attached to an aromatic ring is 1. The summed E-state index contributed by atoms with van der Waals surface area (Å²) in [6.45, 7) is 2.03. The molecule has 0 saturated carbocycles. The van der Waals surface area contributed by atoms with Crippen LogP contribution in [0.15, 0.2) is 40.9 Å². The van der Waals surface area contributed by atoms with Gasteiger partial charge < -0.3 is 5.73 Å². The maximum atomic E-state index is 6.29. The fourth-order valence-corrected chi connectivity index (χ4v) is 2.80. The van der Waals surface area contributed by atoms with E-state index >= 15 is 0 Å². The van der Waals surface area contributed by atoms with Crippen LogP contribution in [0, 0.1) is 6.92 Å². The van der Waals surface area contributed by atoms with Crippen LogP contribution in [-0.2, 0) is 0 Å². The van der Waals surface area contributed by atoms with Crippen molar-refractivity contribution in [3.8, 4) is 5.69 Å². The molecule has 0 bridgehead atoms. The zero-order valence-electron chi connectivity index (χ0n) is 10.2. The first-order valence-corrected chi connectivity index (χ1v) is 6.94. The Labute approximate surface area is 124 Å². The molecular formula is C14H11BrClN3. The third kappa shape index (κ3) is 1.91. The summed E-state index contributed by atoms with van der Waals surface area (Å²) >= 11 is 9.82. The molecule has 0 fully saturated rings. The van der Waals surface area contributed by atoms with E-state index in [1.54, 1.807) is 0 Å². The minimum absolute atomic E-state index is 0.435. The molecule has 3 aromatic rings. The number of hydrogen-bond donors (Lipinski definition) is 1. The Morgan fingerprint density at radius 2 is 1.95 bits per heavy atom. The Morgan fingerprint density at radius 3 is 2.74 bits per heavy atom. The van der Waals surface area contributed by atoms with E-state index < -0.39 is 0 Å². The molecule has 0 radical (unpaired) electrons. The number of hydrogen-bond acceptors (Lipinski definition) is 2. The molecule has 5 heteroatoms. The number of halogens is 2. The van der Waals surface area contributed by atoms with Crippen LogP contribution in [-0.4, -0.2) is 9.55 Å². The van der Waals surface area contributed by atoms with Gasteiger partial charge in [-0.3, -0.25) is 4.57 Å². The maximum Gasteiger partial charge on any atom is 0.205 e. The Morgan fingerprint density at radius 1 is 1.21 bits per heavy atom.